The Bertz CT molecular complexity index is 645. The largest absolute Gasteiger partial charge is 0.466 e. The maximum absolute atomic E-state index is 10.2. The van der Waals surface area contributed by atoms with Crippen molar-refractivity contribution in [3.8, 4) is 0 Å². The Morgan fingerprint density at radius 2 is 1.83 bits per heavy atom. The lowest BCUT2D eigenvalue weighted by molar-refractivity contribution is -0.158. The first-order valence-electron chi connectivity index (χ1n) is 8.87. The van der Waals surface area contributed by atoms with Crippen LogP contribution in [-0.2, 0) is 23.9 Å². The fraction of sp³-hybridized carbons (Fsp3) is 0.318. The highest BCUT2D eigenvalue weighted by atomic mass is 16.6. The third-order valence-electron chi connectivity index (χ3n) is 2.93. The van der Waals surface area contributed by atoms with E-state index in [2.05, 4.69) is 34.5 Å². The average molecular weight is 405 g/mol. The highest BCUT2D eigenvalue weighted by molar-refractivity contribution is 5.86. The summed E-state index contributed by atoms with van der Waals surface area (Å²) in [5.74, 6) is -0.755. The normalized spacial score (nSPS) is 11.9. The number of esters is 2. The van der Waals surface area contributed by atoms with E-state index in [-0.39, 0.29) is 11.9 Å². The number of aliphatic hydroxyl groups is 1. The molecular formula is C22H31NO6. The second kappa shape index (κ2) is 18.2. The number of benzene rings is 1. The van der Waals surface area contributed by atoms with Gasteiger partial charge in [-0.15, -0.1) is 0 Å². The van der Waals surface area contributed by atoms with Crippen LogP contribution in [0.4, 0.5) is 0 Å². The van der Waals surface area contributed by atoms with Crippen molar-refractivity contribution in [2.75, 3.05) is 13.7 Å². The van der Waals surface area contributed by atoms with Gasteiger partial charge in [0.1, 0.15) is 0 Å². The van der Waals surface area contributed by atoms with Gasteiger partial charge in [0.2, 0.25) is 5.91 Å². The average Bonchev–Trinajstić information content (AvgIpc) is 3.19. The maximum atomic E-state index is 10.2. The zero-order chi connectivity index (χ0) is 22.7. The number of hydrogen-bond acceptors (Lipinski definition) is 6. The van der Waals surface area contributed by atoms with Gasteiger partial charge in [-0.2, -0.15) is 0 Å². The van der Waals surface area contributed by atoms with E-state index in [4.69, 9.17) is 5.11 Å². The molecule has 0 spiro atoms. The molecule has 2 rings (SSSR count). The number of methoxy groups -OCH3 is 1. The van der Waals surface area contributed by atoms with E-state index in [1.165, 1.54) is 19.6 Å². The van der Waals surface area contributed by atoms with Gasteiger partial charge in [-0.3, -0.25) is 4.79 Å². The van der Waals surface area contributed by atoms with Crippen LogP contribution in [0.5, 0.6) is 0 Å². The van der Waals surface area contributed by atoms with Crippen molar-refractivity contribution in [1.82, 2.24) is 5.32 Å². The summed E-state index contributed by atoms with van der Waals surface area (Å²) >= 11 is 0. The van der Waals surface area contributed by atoms with Crippen LogP contribution in [0.2, 0.25) is 0 Å². The first-order chi connectivity index (χ1) is 13.7. The summed E-state index contributed by atoms with van der Waals surface area (Å²) in [5, 5.41) is 11.0. The van der Waals surface area contributed by atoms with E-state index in [9.17, 15) is 14.4 Å². The molecule has 1 aliphatic heterocycles. The van der Waals surface area contributed by atoms with Crippen LogP contribution in [0.3, 0.4) is 0 Å². The molecule has 0 bridgehead atoms. The molecule has 2 N–H and O–H groups in total. The molecular weight excluding hydrogens is 374 g/mol. The van der Waals surface area contributed by atoms with Crippen molar-refractivity contribution in [2.24, 2.45) is 0 Å². The third-order valence-corrected chi connectivity index (χ3v) is 2.93. The molecule has 0 radical (unpaired) electrons. The van der Waals surface area contributed by atoms with Gasteiger partial charge < -0.3 is 19.9 Å². The van der Waals surface area contributed by atoms with Gasteiger partial charge in [-0.25, -0.2) is 9.59 Å². The lowest BCUT2D eigenvalue weighted by Gasteiger charge is -2.01. The van der Waals surface area contributed by atoms with Gasteiger partial charge in [0.15, 0.2) is 6.29 Å². The van der Waals surface area contributed by atoms with E-state index >= 15 is 0 Å². The highest BCUT2D eigenvalue weighted by Gasteiger charge is 2.05. The molecule has 1 aliphatic rings. The topological polar surface area (TPSA) is 102 Å². The summed E-state index contributed by atoms with van der Waals surface area (Å²) in [7, 11) is 1.33. The molecule has 7 nitrogen and oxygen atoms in total. The molecule has 7 heteroatoms. The minimum atomic E-state index is -1.04. The number of carbonyl (C=O) groups is 3. The monoisotopic (exact) mass is 405 g/mol. The minimum Gasteiger partial charge on any atom is -0.466 e. The highest BCUT2D eigenvalue weighted by Crippen LogP contribution is 1.97. The number of rotatable bonds is 4. The molecule has 0 saturated carbocycles. The number of hydrogen-bond donors (Lipinski definition) is 2. The Balaban J connectivity index is 0. The molecule has 29 heavy (non-hydrogen) atoms. The lowest BCUT2D eigenvalue weighted by Crippen LogP contribution is -2.12. The predicted molar refractivity (Wildman–Crippen MR) is 114 cm³/mol. The van der Waals surface area contributed by atoms with Gasteiger partial charge in [0.25, 0.3) is 0 Å². The van der Waals surface area contributed by atoms with Crippen LogP contribution in [-0.4, -0.2) is 42.9 Å². The standard InChI is InChI=1S/C8H8.C5H8O3.C5H8O2.C4H7NO/c1-2-8-6-4-3-5-7-8;1-3-5(7)8-4(2)6;1-4(2)5(6)7-3;6-4-2-1-3-5-4/h2-7H,1H2;3-4,6H,1H2,2H3;1H2,2-3H3;1-3H2,(H,5,6). The first kappa shape index (κ1) is 28.0. The molecule has 1 fully saturated rings. The first-order valence-corrected chi connectivity index (χ1v) is 8.87. The molecule has 160 valence electrons. The van der Waals surface area contributed by atoms with Gasteiger partial charge in [-0.1, -0.05) is 56.1 Å². The molecule has 1 atom stereocenters. The Morgan fingerprint density at radius 3 is 2.00 bits per heavy atom. The SMILES string of the molecule is C=C(C)C(=O)OC.C=CC(=O)OC(C)O.C=Cc1ccccc1.O=C1CCCN1. The molecule has 1 aromatic rings. The van der Waals surface area contributed by atoms with Crippen molar-refractivity contribution in [3.05, 3.63) is 67.3 Å². The summed E-state index contributed by atoms with van der Waals surface area (Å²) in [5.41, 5.74) is 1.61. The molecule has 1 saturated heterocycles. The van der Waals surface area contributed by atoms with Crippen molar-refractivity contribution in [3.63, 3.8) is 0 Å². The Kier molecular flexibility index (Phi) is 17.6. The summed E-state index contributed by atoms with van der Waals surface area (Å²) in [6, 6.07) is 10.0. The van der Waals surface area contributed by atoms with E-state index in [0.717, 1.165) is 25.5 Å². The lowest BCUT2D eigenvalue weighted by atomic mass is 10.2. The second-order valence-electron chi connectivity index (χ2n) is 5.58. The fourth-order valence-corrected chi connectivity index (χ4v) is 1.54. The Hall–Kier alpha value is -3.19. The number of aliphatic hydroxyl groups excluding tert-OH is 1. The molecule has 1 amide bonds. The van der Waals surface area contributed by atoms with Gasteiger partial charge >= 0.3 is 11.9 Å². The zero-order valence-electron chi connectivity index (χ0n) is 17.3. The van der Waals surface area contributed by atoms with Crippen LogP contribution in [0.15, 0.2) is 61.7 Å². The van der Waals surface area contributed by atoms with Gasteiger partial charge in [0, 0.05) is 24.6 Å². The second-order valence-corrected chi connectivity index (χ2v) is 5.58. The predicted octanol–water partition coefficient (Wildman–Crippen LogP) is 3.02. The van der Waals surface area contributed by atoms with Crippen LogP contribution in [0.1, 0.15) is 32.3 Å². The third kappa shape index (κ3) is 19.4. The van der Waals surface area contributed by atoms with Crippen molar-refractivity contribution >= 4 is 23.9 Å². The van der Waals surface area contributed by atoms with E-state index in [1.54, 1.807) is 6.92 Å². The molecule has 1 aromatic carbocycles. The van der Waals surface area contributed by atoms with Gasteiger partial charge in [0.05, 0.1) is 7.11 Å². The zero-order valence-corrected chi connectivity index (χ0v) is 17.3. The quantitative estimate of drug-likeness (QED) is 0.454. The number of ether oxygens (including phenoxy) is 2. The number of carbonyl (C=O) groups excluding carboxylic acids is 3. The van der Waals surface area contributed by atoms with E-state index in [1.807, 2.05) is 36.4 Å². The summed E-state index contributed by atoms with van der Waals surface area (Å²) in [4.78, 5) is 30.4. The Morgan fingerprint density at radius 1 is 1.24 bits per heavy atom. The van der Waals surface area contributed by atoms with Crippen LogP contribution in [0, 0.1) is 0 Å². The maximum Gasteiger partial charge on any atom is 0.332 e. The molecule has 1 unspecified atom stereocenters. The smallest absolute Gasteiger partial charge is 0.332 e. The number of nitrogens with one attached hydrogen (secondary N) is 1. The molecule has 1 heterocycles. The van der Waals surface area contributed by atoms with Crippen molar-refractivity contribution in [1.29, 1.82) is 0 Å². The summed E-state index contributed by atoms with van der Waals surface area (Å²) in [6.45, 7) is 13.9. The molecule has 0 aliphatic carbocycles. The van der Waals surface area contributed by atoms with E-state index < -0.39 is 12.3 Å². The minimum absolute atomic E-state index is 0.204. The number of amides is 1. The molecule has 0 aromatic heterocycles. The Labute approximate surface area is 172 Å². The van der Waals surface area contributed by atoms with Crippen LogP contribution >= 0.6 is 0 Å². The van der Waals surface area contributed by atoms with E-state index in [0.29, 0.717) is 5.57 Å². The van der Waals surface area contributed by atoms with Gasteiger partial charge in [-0.05, 0) is 25.8 Å². The van der Waals surface area contributed by atoms with Crippen LogP contribution in [0.25, 0.3) is 6.08 Å². The summed E-state index contributed by atoms with van der Waals surface area (Å²) in [6.07, 6.45) is 3.55. The van der Waals surface area contributed by atoms with Crippen LogP contribution < -0.4 is 5.32 Å². The van der Waals surface area contributed by atoms with Crippen molar-refractivity contribution in [2.45, 2.75) is 33.0 Å². The van der Waals surface area contributed by atoms with Crippen molar-refractivity contribution < 1.29 is 29.0 Å². The fourth-order valence-electron chi connectivity index (χ4n) is 1.54. The summed E-state index contributed by atoms with van der Waals surface area (Å²) < 4.78 is 8.47.